The summed E-state index contributed by atoms with van der Waals surface area (Å²) in [7, 11) is -3.51. The van der Waals surface area contributed by atoms with Crippen molar-refractivity contribution >= 4 is 9.84 Å². The Morgan fingerprint density at radius 1 is 1.22 bits per heavy atom. The van der Waals surface area contributed by atoms with E-state index in [1.54, 1.807) is 0 Å². The van der Waals surface area contributed by atoms with Gasteiger partial charge in [0.25, 0.3) is 0 Å². The molecule has 0 spiro atoms. The molecule has 1 atom stereocenters. The highest BCUT2D eigenvalue weighted by Crippen LogP contribution is 2.32. The van der Waals surface area contributed by atoms with Gasteiger partial charge in [-0.25, -0.2) is 8.42 Å². The second-order valence-electron chi connectivity index (χ2n) is 4.42. The molecular weight excluding hydrogens is 269 g/mol. The number of alkyl halides is 3. The quantitative estimate of drug-likeness (QED) is 0.922. The maximum Gasteiger partial charge on any atom is 0.416 e. The molecule has 0 aliphatic heterocycles. The first-order valence-electron chi connectivity index (χ1n) is 5.00. The van der Waals surface area contributed by atoms with Crippen molar-refractivity contribution in [2.45, 2.75) is 18.7 Å². The number of hydrogen-bond donors (Lipinski definition) is 1. The lowest BCUT2D eigenvalue weighted by Crippen LogP contribution is -2.31. The Morgan fingerprint density at radius 3 is 2.17 bits per heavy atom. The van der Waals surface area contributed by atoms with Crippen LogP contribution in [0.15, 0.2) is 24.3 Å². The Kier molecular flexibility index (Phi) is 3.78. The Morgan fingerprint density at radius 2 is 1.72 bits per heavy atom. The Balaban J connectivity index is 3.18. The van der Waals surface area contributed by atoms with Crippen LogP contribution < -0.4 is 0 Å². The van der Waals surface area contributed by atoms with Crippen LogP contribution in [0.3, 0.4) is 0 Å². The molecule has 0 bridgehead atoms. The molecule has 0 aliphatic carbocycles. The maximum absolute atomic E-state index is 12.5. The van der Waals surface area contributed by atoms with Gasteiger partial charge < -0.3 is 5.11 Å². The molecule has 102 valence electrons. The molecular formula is C11H13F3O3S. The zero-order valence-corrected chi connectivity index (χ0v) is 10.6. The zero-order chi connectivity index (χ0) is 14.2. The van der Waals surface area contributed by atoms with E-state index >= 15 is 0 Å². The molecule has 0 saturated carbocycles. The summed E-state index contributed by atoms with van der Waals surface area (Å²) in [6.07, 6.45) is -3.62. The van der Waals surface area contributed by atoms with Gasteiger partial charge in [0, 0.05) is 6.26 Å². The van der Waals surface area contributed by atoms with E-state index in [4.69, 9.17) is 0 Å². The maximum atomic E-state index is 12.5. The highest BCUT2D eigenvalue weighted by atomic mass is 32.2. The standard InChI is InChI=1S/C11H13F3O3S/c1-10(15,7-18(2,16)17)8-4-3-5-9(6-8)11(12,13)14/h3-6,15H,7H2,1-2H3/t10-/m0/s1. The predicted molar refractivity (Wildman–Crippen MR) is 60.7 cm³/mol. The van der Waals surface area contributed by atoms with Crippen molar-refractivity contribution in [2.75, 3.05) is 12.0 Å². The van der Waals surface area contributed by atoms with Crippen LogP contribution in [-0.2, 0) is 21.6 Å². The smallest absolute Gasteiger partial charge is 0.384 e. The van der Waals surface area contributed by atoms with Gasteiger partial charge >= 0.3 is 6.18 Å². The number of hydrogen-bond acceptors (Lipinski definition) is 3. The SMILES string of the molecule is C[C@](O)(CS(C)(=O)=O)c1cccc(C(F)(F)F)c1. The van der Waals surface area contributed by atoms with Crippen molar-refractivity contribution < 1.29 is 26.7 Å². The minimum Gasteiger partial charge on any atom is -0.384 e. The van der Waals surface area contributed by atoms with Crippen LogP contribution in [0.25, 0.3) is 0 Å². The van der Waals surface area contributed by atoms with Gasteiger partial charge in [-0.1, -0.05) is 12.1 Å². The van der Waals surface area contributed by atoms with Crippen LogP contribution in [-0.4, -0.2) is 25.5 Å². The monoisotopic (exact) mass is 282 g/mol. The summed E-state index contributed by atoms with van der Waals surface area (Å²) in [4.78, 5) is 0. The molecule has 0 aliphatic rings. The molecule has 3 nitrogen and oxygen atoms in total. The number of sulfone groups is 1. The van der Waals surface area contributed by atoms with Crippen LogP contribution in [0.2, 0.25) is 0 Å². The van der Waals surface area contributed by atoms with E-state index in [2.05, 4.69) is 0 Å². The normalized spacial score (nSPS) is 16.3. The fourth-order valence-corrected chi connectivity index (χ4v) is 2.81. The average molecular weight is 282 g/mol. The van der Waals surface area contributed by atoms with Crippen molar-refractivity contribution in [1.29, 1.82) is 0 Å². The summed E-state index contributed by atoms with van der Waals surface area (Å²) < 4.78 is 59.7. The van der Waals surface area contributed by atoms with E-state index in [0.29, 0.717) is 0 Å². The van der Waals surface area contributed by atoms with Gasteiger partial charge in [-0.15, -0.1) is 0 Å². The van der Waals surface area contributed by atoms with E-state index < -0.39 is 32.9 Å². The predicted octanol–water partition coefficient (Wildman–Crippen LogP) is 1.96. The van der Waals surface area contributed by atoms with E-state index in [0.717, 1.165) is 24.5 Å². The topological polar surface area (TPSA) is 54.4 Å². The fourth-order valence-electron chi connectivity index (χ4n) is 1.62. The summed E-state index contributed by atoms with van der Waals surface area (Å²) in [5.74, 6) is -0.638. The van der Waals surface area contributed by atoms with Crippen LogP contribution in [0.4, 0.5) is 13.2 Å². The molecule has 1 aromatic carbocycles. The minimum absolute atomic E-state index is 0.0808. The molecule has 0 aromatic heterocycles. The fraction of sp³-hybridized carbons (Fsp3) is 0.455. The highest BCUT2D eigenvalue weighted by Gasteiger charge is 2.34. The second-order valence-corrected chi connectivity index (χ2v) is 6.56. The summed E-state index contributed by atoms with van der Waals surface area (Å²) in [5, 5.41) is 9.97. The molecule has 1 N–H and O–H groups in total. The Bertz CT molecular complexity index is 533. The molecule has 7 heteroatoms. The zero-order valence-electron chi connectivity index (χ0n) is 9.82. The summed E-state index contributed by atoms with van der Waals surface area (Å²) in [5.41, 5.74) is -2.86. The van der Waals surface area contributed by atoms with E-state index in [1.807, 2.05) is 0 Å². The van der Waals surface area contributed by atoms with Gasteiger partial charge in [0.1, 0.15) is 5.60 Å². The van der Waals surface area contributed by atoms with Gasteiger partial charge in [0.2, 0.25) is 0 Å². The van der Waals surface area contributed by atoms with Crippen molar-refractivity contribution in [2.24, 2.45) is 0 Å². The number of halogens is 3. The lowest BCUT2D eigenvalue weighted by molar-refractivity contribution is -0.137. The van der Waals surface area contributed by atoms with Gasteiger partial charge in [0.05, 0.1) is 11.3 Å². The van der Waals surface area contributed by atoms with Crippen LogP contribution in [0, 0.1) is 0 Å². The molecule has 0 unspecified atom stereocenters. The van der Waals surface area contributed by atoms with Gasteiger partial charge in [-0.05, 0) is 24.6 Å². The summed E-state index contributed by atoms with van der Waals surface area (Å²) >= 11 is 0. The van der Waals surface area contributed by atoms with Crippen LogP contribution in [0.1, 0.15) is 18.1 Å². The molecule has 0 amide bonds. The van der Waals surface area contributed by atoms with Gasteiger partial charge in [-0.3, -0.25) is 0 Å². The average Bonchev–Trinajstić information content (AvgIpc) is 2.13. The number of aliphatic hydroxyl groups is 1. The van der Waals surface area contributed by atoms with Crippen molar-refractivity contribution in [3.05, 3.63) is 35.4 Å². The Hall–Kier alpha value is -1.08. The lowest BCUT2D eigenvalue weighted by Gasteiger charge is -2.23. The van der Waals surface area contributed by atoms with Crippen molar-refractivity contribution in [3.63, 3.8) is 0 Å². The molecule has 0 radical (unpaired) electrons. The van der Waals surface area contributed by atoms with Crippen molar-refractivity contribution in [3.8, 4) is 0 Å². The third-order valence-corrected chi connectivity index (χ3v) is 3.44. The lowest BCUT2D eigenvalue weighted by atomic mass is 9.96. The van der Waals surface area contributed by atoms with E-state index in [-0.39, 0.29) is 5.56 Å². The van der Waals surface area contributed by atoms with Gasteiger partial charge in [0.15, 0.2) is 9.84 Å². The summed E-state index contributed by atoms with van der Waals surface area (Å²) in [6, 6.07) is 4.01. The molecule has 1 aromatic rings. The molecule has 0 heterocycles. The molecule has 1 rings (SSSR count). The minimum atomic E-state index is -4.53. The van der Waals surface area contributed by atoms with Crippen molar-refractivity contribution in [1.82, 2.24) is 0 Å². The van der Waals surface area contributed by atoms with Gasteiger partial charge in [-0.2, -0.15) is 13.2 Å². The first-order chi connectivity index (χ1) is 7.92. The second kappa shape index (κ2) is 4.55. The first-order valence-corrected chi connectivity index (χ1v) is 7.06. The molecule has 18 heavy (non-hydrogen) atoms. The third-order valence-electron chi connectivity index (χ3n) is 2.36. The molecule has 0 fully saturated rings. The van der Waals surface area contributed by atoms with Crippen LogP contribution >= 0.6 is 0 Å². The Labute approximate surface area is 103 Å². The molecule has 0 saturated heterocycles. The summed E-state index contributed by atoms with van der Waals surface area (Å²) in [6.45, 7) is 1.17. The van der Waals surface area contributed by atoms with E-state index in [9.17, 15) is 26.7 Å². The van der Waals surface area contributed by atoms with E-state index in [1.165, 1.54) is 13.0 Å². The number of benzene rings is 1. The first kappa shape index (κ1) is 15.0. The largest absolute Gasteiger partial charge is 0.416 e. The van der Waals surface area contributed by atoms with Crippen LogP contribution in [0.5, 0.6) is 0 Å². The third kappa shape index (κ3) is 3.99. The number of rotatable bonds is 3. The highest BCUT2D eigenvalue weighted by molar-refractivity contribution is 7.90.